The number of nitrogens with one attached hydrogen (secondary N) is 2. The number of rotatable bonds is 9. The molecule has 2 fully saturated rings. The van der Waals surface area contributed by atoms with Gasteiger partial charge in [-0.05, 0) is 44.9 Å². The molecule has 0 saturated carbocycles. The molecule has 0 aliphatic carbocycles. The van der Waals surface area contributed by atoms with Gasteiger partial charge >= 0.3 is 0 Å². The fourth-order valence-corrected chi connectivity index (χ4v) is 5.28. The summed E-state index contributed by atoms with van der Waals surface area (Å²) in [6, 6.07) is 18.0. The van der Waals surface area contributed by atoms with Crippen LogP contribution in [0.25, 0.3) is 11.3 Å². The van der Waals surface area contributed by atoms with Crippen molar-refractivity contribution in [2.75, 3.05) is 41.8 Å². The average Bonchev–Trinajstić information content (AvgIpc) is 3.50. The van der Waals surface area contributed by atoms with Crippen LogP contribution in [-0.4, -0.2) is 69.3 Å². The molecule has 2 aromatic heterocycles. The summed E-state index contributed by atoms with van der Waals surface area (Å²) < 4.78 is 0. The van der Waals surface area contributed by atoms with E-state index >= 15 is 0 Å². The van der Waals surface area contributed by atoms with Gasteiger partial charge in [0.05, 0.1) is 12.3 Å². The van der Waals surface area contributed by atoms with Gasteiger partial charge in [-0.25, -0.2) is 9.97 Å². The second-order valence-electron chi connectivity index (χ2n) is 9.78. The number of likely N-dealkylation sites (tertiary alicyclic amines) is 1. The number of aliphatic hydroxyl groups is 1. The van der Waals surface area contributed by atoms with E-state index < -0.39 is 0 Å². The van der Waals surface area contributed by atoms with Crippen LogP contribution in [0.4, 0.5) is 17.6 Å². The van der Waals surface area contributed by atoms with E-state index in [1.807, 2.05) is 42.6 Å². The van der Waals surface area contributed by atoms with E-state index in [2.05, 4.69) is 58.3 Å². The van der Waals surface area contributed by atoms with E-state index in [0.29, 0.717) is 24.7 Å². The molecule has 2 aliphatic rings. The fourth-order valence-electron chi connectivity index (χ4n) is 5.28. The summed E-state index contributed by atoms with van der Waals surface area (Å²) in [4.78, 5) is 19.3. The van der Waals surface area contributed by atoms with Crippen LogP contribution in [0.5, 0.6) is 0 Å². The lowest BCUT2D eigenvalue weighted by Gasteiger charge is -2.36. The third-order valence-corrected chi connectivity index (χ3v) is 7.06. The molecule has 8 nitrogen and oxygen atoms in total. The Bertz CT molecular complexity index is 1140. The van der Waals surface area contributed by atoms with Crippen molar-refractivity contribution in [1.82, 2.24) is 19.9 Å². The number of hydrogen-bond donors (Lipinski definition) is 3. The molecule has 5 rings (SSSR count). The Labute approximate surface area is 207 Å². The maximum atomic E-state index is 9.34. The third-order valence-electron chi connectivity index (χ3n) is 7.06. The Morgan fingerprint density at radius 2 is 1.83 bits per heavy atom. The molecule has 0 spiro atoms. The highest BCUT2D eigenvalue weighted by atomic mass is 16.3. The Kier molecular flexibility index (Phi) is 6.83. The summed E-state index contributed by atoms with van der Waals surface area (Å²) in [5, 5.41) is 16.1. The predicted molar refractivity (Wildman–Crippen MR) is 141 cm³/mol. The molecular weight excluding hydrogens is 438 g/mol. The van der Waals surface area contributed by atoms with Gasteiger partial charge in [0.15, 0.2) is 0 Å². The predicted octanol–water partition coefficient (Wildman–Crippen LogP) is 3.79. The summed E-state index contributed by atoms with van der Waals surface area (Å²) in [5.74, 6) is 2.28. The maximum absolute atomic E-state index is 9.34. The van der Waals surface area contributed by atoms with Crippen molar-refractivity contribution >= 4 is 17.6 Å². The SMILES string of the molecule is CC(C)N1C[C@@H]2C[C@H]1CN2c1nc(NCCO)cc(-c2ccnc(N[C@@H](C)c3ccccc3)c2)n1. The molecule has 35 heavy (non-hydrogen) atoms. The van der Waals surface area contributed by atoms with Crippen molar-refractivity contribution in [1.29, 1.82) is 0 Å². The van der Waals surface area contributed by atoms with Gasteiger partial charge in [0.2, 0.25) is 5.95 Å². The molecule has 2 aliphatic heterocycles. The van der Waals surface area contributed by atoms with Crippen molar-refractivity contribution in [2.45, 2.75) is 51.4 Å². The van der Waals surface area contributed by atoms with Gasteiger partial charge in [0.1, 0.15) is 11.6 Å². The number of pyridine rings is 1. The number of hydrogen-bond acceptors (Lipinski definition) is 8. The highest BCUT2D eigenvalue weighted by Gasteiger charge is 2.45. The fraction of sp³-hybridized carbons (Fsp3) is 0.444. The van der Waals surface area contributed by atoms with Crippen molar-refractivity contribution in [3.05, 3.63) is 60.3 Å². The Balaban J connectivity index is 1.41. The summed E-state index contributed by atoms with van der Waals surface area (Å²) in [6.45, 7) is 9.17. The van der Waals surface area contributed by atoms with Gasteiger partial charge < -0.3 is 20.6 Å². The summed E-state index contributed by atoms with van der Waals surface area (Å²) in [5.41, 5.74) is 3.03. The van der Waals surface area contributed by atoms with Crippen molar-refractivity contribution in [3.63, 3.8) is 0 Å². The van der Waals surface area contributed by atoms with E-state index in [-0.39, 0.29) is 12.6 Å². The minimum absolute atomic E-state index is 0.0487. The highest BCUT2D eigenvalue weighted by Crippen LogP contribution is 2.35. The highest BCUT2D eigenvalue weighted by molar-refractivity contribution is 5.67. The second kappa shape index (κ2) is 10.2. The van der Waals surface area contributed by atoms with Gasteiger partial charge in [-0.1, -0.05) is 30.3 Å². The van der Waals surface area contributed by atoms with Crippen LogP contribution in [0.15, 0.2) is 54.7 Å². The van der Waals surface area contributed by atoms with Crippen LogP contribution < -0.4 is 15.5 Å². The summed E-state index contributed by atoms with van der Waals surface area (Å²) in [7, 11) is 0. The molecule has 2 bridgehead atoms. The Morgan fingerprint density at radius 3 is 2.54 bits per heavy atom. The van der Waals surface area contributed by atoms with Gasteiger partial charge in [-0.3, -0.25) is 4.90 Å². The van der Waals surface area contributed by atoms with Crippen LogP contribution in [-0.2, 0) is 0 Å². The number of piperazine rings is 1. The zero-order valence-corrected chi connectivity index (χ0v) is 20.7. The normalized spacial score (nSPS) is 20.4. The minimum Gasteiger partial charge on any atom is -0.395 e. The zero-order valence-electron chi connectivity index (χ0n) is 20.7. The first-order chi connectivity index (χ1) is 17.0. The summed E-state index contributed by atoms with van der Waals surface area (Å²) in [6.07, 6.45) is 2.97. The van der Waals surface area contributed by atoms with Crippen LogP contribution in [0, 0.1) is 0 Å². The van der Waals surface area contributed by atoms with Crippen molar-refractivity contribution in [3.8, 4) is 11.3 Å². The monoisotopic (exact) mass is 473 g/mol. The average molecular weight is 474 g/mol. The van der Waals surface area contributed by atoms with E-state index in [0.717, 1.165) is 48.4 Å². The van der Waals surface area contributed by atoms with E-state index in [4.69, 9.17) is 9.97 Å². The number of benzene rings is 1. The molecule has 0 radical (unpaired) electrons. The van der Waals surface area contributed by atoms with Gasteiger partial charge in [0, 0.05) is 61.6 Å². The van der Waals surface area contributed by atoms with Crippen LogP contribution in [0.3, 0.4) is 0 Å². The van der Waals surface area contributed by atoms with Crippen molar-refractivity contribution < 1.29 is 5.11 Å². The Hall–Kier alpha value is -3.23. The molecule has 3 N–H and O–H groups in total. The lowest BCUT2D eigenvalue weighted by molar-refractivity contribution is 0.191. The first-order valence-corrected chi connectivity index (χ1v) is 12.6. The lowest BCUT2D eigenvalue weighted by atomic mass is 10.1. The Morgan fingerprint density at radius 1 is 1.00 bits per heavy atom. The molecule has 184 valence electrons. The van der Waals surface area contributed by atoms with E-state index in [1.165, 1.54) is 5.56 Å². The second-order valence-corrected chi connectivity index (χ2v) is 9.78. The lowest BCUT2D eigenvalue weighted by Crippen LogP contribution is -2.49. The minimum atomic E-state index is 0.0487. The van der Waals surface area contributed by atoms with Crippen LogP contribution in [0.1, 0.15) is 38.8 Å². The third kappa shape index (κ3) is 5.09. The standard InChI is InChI=1S/C27H35N7O/c1-18(2)33-16-23-14-22(33)17-34(23)27-31-24(15-26(32-27)29-11-12-35)21-9-10-28-25(13-21)30-19(3)20-7-5-4-6-8-20/h4-10,13,15,18-19,22-23,35H,11-12,14,16-17H2,1-3H3,(H,28,30)(H,29,31,32)/t19-,22-,23-/m0/s1. The van der Waals surface area contributed by atoms with Crippen molar-refractivity contribution in [2.24, 2.45) is 0 Å². The first kappa shape index (κ1) is 23.5. The van der Waals surface area contributed by atoms with Gasteiger partial charge in [0.25, 0.3) is 0 Å². The largest absolute Gasteiger partial charge is 0.395 e. The molecule has 3 aromatic rings. The number of fused-ring (bicyclic) bond motifs is 2. The van der Waals surface area contributed by atoms with Crippen LogP contribution in [0.2, 0.25) is 0 Å². The van der Waals surface area contributed by atoms with Gasteiger partial charge in [-0.15, -0.1) is 0 Å². The molecular formula is C27H35N7O. The number of aromatic nitrogens is 3. The van der Waals surface area contributed by atoms with E-state index in [9.17, 15) is 5.11 Å². The molecule has 4 heterocycles. The first-order valence-electron chi connectivity index (χ1n) is 12.6. The zero-order chi connectivity index (χ0) is 24.4. The van der Waals surface area contributed by atoms with Gasteiger partial charge in [-0.2, -0.15) is 4.98 Å². The molecule has 0 unspecified atom stereocenters. The smallest absolute Gasteiger partial charge is 0.228 e. The molecule has 2 saturated heterocycles. The van der Waals surface area contributed by atoms with E-state index in [1.54, 1.807) is 0 Å². The number of aliphatic hydroxyl groups excluding tert-OH is 1. The molecule has 0 amide bonds. The molecule has 1 aromatic carbocycles. The molecule has 8 heteroatoms. The van der Waals surface area contributed by atoms with Crippen LogP contribution >= 0.6 is 0 Å². The maximum Gasteiger partial charge on any atom is 0.228 e. The molecule has 3 atom stereocenters. The number of anilines is 3. The summed E-state index contributed by atoms with van der Waals surface area (Å²) >= 11 is 0. The number of nitrogens with zero attached hydrogens (tertiary/aromatic N) is 5. The topological polar surface area (TPSA) is 89.4 Å². The quantitative estimate of drug-likeness (QED) is 0.433.